The van der Waals surface area contributed by atoms with Crippen LogP contribution in [0.3, 0.4) is 0 Å². The summed E-state index contributed by atoms with van der Waals surface area (Å²) in [6, 6.07) is 7.71. The minimum absolute atomic E-state index is 0.184. The molecule has 0 aliphatic rings. The smallest absolute Gasteiger partial charge is 0.191 e. The number of hydrogen-bond donors (Lipinski definition) is 2. The van der Waals surface area contributed by atoms with Gasteiger partial charge in [0, 0.05) is 18.5 Å². The Morgan fingerprint density at radius 2 is 2.00 bits per heavy atom. The second-order valence-electron chi connectivity index (χ2n) is 6.76. The molecule has 1 aromatic carbocycles. The van der Waals surface area contributed by atoms with Crippen molar-refractivity contribution in [3.63, 3.8) is 0 Å². The van der Waals surface area contributed by atoms with Crippen LogP contribution in [0.2, 0.25) is 0 Å². The van der Waals surface area contributed by atoms with Crippen LogP contribution in [0.15, 0.2) is 33.8 Å². The molecule has 0 amide bonds. The van der Waals surface area contributed by atoms with Gasteiger partial charge in [0.2, 0.25) is 0 Å². The molecule has 2 aromatic rings. The summed E-state index contributed by atoms with van der Waals surface area (Å²) >= 11 is 0. The molecule has 162 valence electrons. The van der Waals surface area contributed by atoms with Crippen LogP contribution in [0.25, 0.3) is 0 Å². The van der Waals surface area contributed by atoms with Crippen molar-refractivity contribution in [2.45, 2.75) is 52.6 Å². The van der Waals surface area contributed by atoms with Crippen molar-refractivity contribution in [2.24, 2.45) is 4.99 Å². The number of rotatable bonds is 11. The van der Waals surface area contributed by atoms with Gasteiger partial charge in [-0.25, -0.2) is 4.99 Å². The van der Waals surface area contributed by atoms with Gasteiger partial charge in [-0.15, -0.1) is 6.42 Å². The van der Waals surface area contributed by atoms with Crippen molar-refractivity contribution in [2.75, 3.05) is 20.3 Å². The Morgan fingerprint density at radius 1 is 1.20 bits per heavy atom. The van der Waals surface area contributed by atoms with Gasteiger partial charge < -0.3 is 24.6 Å². The lowest BCUT2D eigenvalue weighted by molar-refractivity contribution is 0.330. The largest absolute Gasteiger partial charge is 0.493 e. The molecule has 1 heterocycles. The predicted octanol–water partition coefficient (Wildman–Crippen LogP) is 3.85. The molecule has 0 atom stereocenters. The zero-order valence-electron chi connectivity index (χ0n) is 18.3. The lowest BCUT2D eigenvalue weighted by Crippen LogP contribution is -2.36. The molecule has 2 N–H and O–H groups in total. The maximum absolute atomic E-state index is 5.56. The number of aliphatic imine (C=N–C) groups is 1. The second-order valence-corrected chi connectivity index (χ2v) is 6.76. The van der Waals surface area contributed by atoms with E-state index in [2.05, 4.69) is 40.6 Å². The maximum Gasteiger partial charge on any atom is 0.191 e. The maximum atomic E-state index is 5.56. The minimum Gasteiger partial charge on any atom is -0.493 e. The van der Waals surface area contributed by atoms with Gasteiger partial charge in [0.1, 0.15) is 6.61 Å². The van der Waals surface area contributed by atoms with Gasteiger partial charge in [0.15, 0.2) is 23.2 Å². The number of nitrogens with zero attached hydrogens (tertiary/aromatic N) is 2. The topological polar surface area (TPSA) is 80.9 Å². The van der Waals surface area contributed by atoms with E-state index >= 15 is 0 Å². The Bertz CT molecular complexity index is 850. The molecule has 2 rings (SSSR count). The molecule has 7 heteroatoms. The Kier molecular flexibility index (Phi) is 9.59. The molecule has 0 unspecified atom stereocenters. The number of terminal acetylenes is 1. The van der Waals surface area contributed by atoms with Crippen LogP contribution in [0.5, 0.6) is 11.5 Å². The van der Waals surface area contributed by atoms with Crippen LogP contribution < -0.4 is 20.1 Å². The Morgan fingerprint density at radius 3 is 2.67 bits per heavy atom. The van der Waals surface area contributed by atoms with Crippen molar-refractivity contribution in [1.29, 1.82) is 0 Å². The van der Waals surface area contributed by atoms with Crippen LogP contribution in [0.1, 0.15) is 56.5 Å². The van der Waals surface area contributed by atoms with E-state index < -0.39 is 0 Å². The summed E-state index contributed by atoms with van der Waals surface area (Å²) in [5, 5.41) is 10.7. The lowest BCUT2D eigenvalue weighted by atomic mass is 9.99. The standard InChI is InChI=1S/C23H32N4O3/c1-6-12-29-22-13-17(10-11-21(22)28-5)15-25-23(24-9-4)26-16-19-14-20(27-30-19)18(7-2)8-3/h1,10-11,13-14,18H,7-9,12,15-16H2,2-5H3,(H2,24,25,26). The third kappa shape index (κ3) is 6.73. The van der Waals surface area contributed by atoms with E-state index in [1.165, 1.54) is 0 Å². The summed E-state index contributed by atoms with van der Waals surface area (Å²) in [5.41, 5.74) is 1.99. The Balaban J connectivity index is 2.03. The first-order valence-corrected chi connectivity index (χ1v) is 10.4. The number of hydrogen-bond acceptors (Lipinski definition) is 5. The summed E-state index contributed by atoms with van der Waals surface area (Å²) in [5.74, 6) is 5.63. The lowest BCUT2D eigenvalue weighted by Gasteiger charge is -2.12. The molecule has 0 radical (unpaired) electrons. The van der Waals surface area contributed by atoms with Crippen molar-refractivity contribution in [1.82, 2.24) is 15.8 Å². The van der Waals surface area contributed by atoms with Gasteiger partial charge in [-0.1, -0.05) is 31.0 Å². The summed E-state index contributed by atoms with van der Waals surface area (Å²) < 4.78 is 16.3. The van der Waals surface area contributed by atoms with Crippen molar-refractivity contribution in [3.05, 3.63) is 41.3 Å². The molecule has 0 bridgehead atoms. The zero-order valence-corrected chi connectivity index (χ0v) is 18.3. The molecule has 0 saturated heterocycles. The van der Waals surface area contributed by atoms with Gasteiger partial charge in [0.25, 0.3) is 0 Å². The average molecular weight is 413 g/mol. The number of methoxy groups -OCH3 is 1. The zero-order chi connectivity index (χ0) is 21.8. The molecular formula is C23H32N4O3. The van der Waals surface area contributed by atoms with Crippen LogP contribution in [0.4, 0.5) is 0 Å². The third-order valence-corrected chi connectivity index (χ3v) is 4.71. The van der Waals surface area contributed by atoms with E-state index in [0.29, 0.717) is 36.5 Å². The van der Waals surface area contributed by atoms with Gasteiger partial charge in [-0.3, -0.25) is 0 Å². The van der Waals surface area contributed by atoms with Crippen LogP contribution in [-0.4, -0.2) is 31.4 Å². The molecule has 7 nitrogen and oxygen atoms in total. The molecule has 0 aliphatic heterocycles. The van der Waals surface area contributed by atoms with E-state index in [1.807, 2.05) is 31.2 Å². The summed E-state index contributed by atoms with van der Waals surface area (Å²) in [4.78, 5) is 4.65. The third-order valence-electron chi connectivity index (χ3n) is 4.71. The number of aromatic nitrogens is 1. The van der Waals surface area contributed by atoms with Gasteiger partial charge in [-0.2, -0.15) is 0 Å². The number of benzene rings is 1. The molecule has 0 fully saturated rings. The van der Waals surface area contributed by atoms with Gasteiger partial charge in [-0.05, 0) is 37.5 Å². The highest BCUT2D eigenvalue weighted by molar-refractivity contribution is 5.79. The highest BCUT2D eigenvalue weighted by Crippen LogP contribution is 2.28. The quantitative estimate of drug-likeness (QED) is 0.331. The van der Waals surface area contributed by atoms with Crippen LogP contribution >= 0.6 is 0 Å². The van der Waals surface area contributed by atoms with E-state index in [1.54, 1.807) is 7.11 Å². The fourth-order valence-electron chi connectivity index (χ4n) is 3.05. The monoisotopic (exact) mass is 412 g/mol. The summed E-state index contributed by atoms with van der Waals surface area (Å²) in [7, 11) is 1.60. The Labute approximate surface area is 179 Å². The number of nitrogens with one attached hydrogen (secondary N) is 2. The van der Waals surface area contributed by atoms with E-state index in [9.17, 15) is 0 Å². The first-order valence-electron chi connectivity index (χ1n) is 10.4. The molecular weight excluding hydrogens is 380 g/mol. The van der Waals surface area contributed by atoms with Crippen LogP contribution in [-0.2, 0) is 13.1 Å². The fraction of sp³-hybridized carbons (Fsp3) is 0.478. The second kappa shape index (κ2) is 12.4. The highest BCUT2D eigenvalue weighted by Gasteiger charge is 2.13. The van der Waals surface area contributed by atoms with Crippen molar-refractivity contribution >= 4 is 5.96 Å². The van der Waals surface area contributed by atoms with Crippen molar-refractivity contribution in [3.8, 4) is 23.8 Å². The van der Waals surface area contributed by atoms with E-state index in [0.717, 1.165) is 36.4 Å². The molecule has 0 spiro atoms. The average Bonchev–Trinajstić information content (AvgIpc) is 3.23. The Hall–Kier alpha value is -3.14. The SMILES string of the molecule is C#CCOc1cc(CN=C(NCC)NCc2cc(C(CC)CC)no2)ccc1OC. The minimum atomic E-state index is 0.184. The summed E-state index contributed by atoms with van der Waals surface area (Å²) in [6.07, 6.45) is 7.39. The first kappa shape index (κ1) is 23.1. The van der Waals surface area contributed by atoms with Gasteiger partial charge >= 0.3 is 0 Å². The molecule has 1 aromatic heterocycles. The fourth-order valence-corrected chi connectivity index (χ4v) is 3.05. The summed E-state index contributed by atoms with van der Waals surface area (Å²) in [6.45, 7) is 8.27. The number of ether oxygens (including phenoxy) is 2. The molecule has 30 heavy (non-hydrogen) atoms. The van der Waals surface area contributed by atoms with E-state index in [-0.39, 0.29) is 6.61 Å². The highest BCUT2D eigenvalue weighted by atomic mass is 16.5. The molecule has 0 aliphatic carbocycles. The first-order chi connectivity index (χ1) is 14.6. The van der Waals surface area contributed by atoms with E-state index in [4.69, 9.17) is 20.4 Å². The number of guanidine groups is 1. The van der Waals surface area contributed by atoms with Crippen molar-refractivity contribution < 1.29 is 14.0 Å². The molecule has 0 saturated carbocycles. The normalized spacial score (nSPS) is 11.3. The predicted molar refractivity (Wildman–Crippen MR) is 119 cm³/mol. The van der Waals surface area contributed by atoms with Crippen LogP contribution in [0, 0.1) is 12.3 Å². The van der Waals surface area contributed by atoms with Gasteiger partial charge in [0.05, 0.1) is 25.9 Å².